The van der Waals surface area contributed by atoms with Crippen molar-refractivity contribution in [2.24, 2.45) is 5.92 Å². The van der Waals surface area contributed by atoms with Gasteiger partial charge in [-0.25, -0.2) is 0 Å². The Balaban J connectivity index is 0.839. The number of benzene rings is 4. The molecule has 0 radical (unpaired) electrons. The second kappa shape index (κ2) is 17.1. The molecule has 1 unspecified atom stereocenters. The zero-order valence-corrected chi connectivity index (χ0v) is 33.0. The highest BCUT2D eigenvalue weighted by Crippen LogP contribution is 2.36. The number of fused-ring (bicyclic) bond motifs is 1. The van der Waals surface area contributed by atoms with E-state index in [2.05, 4.69) is 75.5 Å². The molecule has 11 nitrogen and oxygen atoms in total. The molecule has 3 fully saturated rings. The van der Waals surface area contributed by atoms with Gasteiger partial charge in [0.05, 0.1) is 11.1 Å². The standard InChI is InChI=1S/C46H50BN5O6/c1-2-38(32-6-4-3-5-7-32)43(33-8-12-35(13-9-33)47(57)58)34-10-14-36(15-11-34)51-28-26-49(27-29-51)23-20-31-21-24-50(25-22-31)37-16-17-39-40(30-37)46(56)52(45(39)55)41-18-19-42(53)48-44(41)54/h3-17,30-31,41,57-58H,2,18-29H2,1H3,(H,48,53,54)/b43-38+. The van der Waals surface area contributed by atoms with Gasteiger partial charge < -0.3 is 19.8 Å². The van der Waals surface area contributed by atoms with Gasteiger partial charge in [0.1, 0.15) is 6.04 Å². The van der Waals surface area contributed by atoms with Crippen molar-refractivity contribution in [1.29, 1.82) is 0 Å². The van der Waals surface area contributed by atoms with Crippen LogP contribution in [-0.4, -0.2) is 102 Å². The van der Waals surface area contributed by atoms with Gasteiger partial charge in [-0.15, -0.1) is 0 Å². The van der Waals surface area contributed by atoms with Crippen molar-refractivity contribution in [3.05, 3.63) is 125 Å². The molecule has 4 amide bonds. The number of nitrogens with zero attached hydrogens (tertiary/aromatic N) is 4. The lowest BCUT2D eigenvalue weighted by Gasteiger charge is -2.38. The largest absolute Gasteiger partial charge is 0.488 e. The van der Waals surface area contributed by atoms with Crippen LogP contribution in [0.15, 0.2) is 97.1 Å². The molecule has 0 bridgehead atoms. The van der Waals surface area contributed by atoms with Gasteiger partial charge in [-0.05, 0) is 108 Å². The fourth-order valence-electron chi connectivity index (χ4n) is 9.07. The van der Waals surface area contributed by atoms with Gasteiger partial charge in [0, 0.05) is 57.1 Å². The number of rotatable bonds is 11. The molecule has 298 valence electrons. The van der Waals surface area contributed by atoms with E-state index in [1.807, 2.05) is 24.3 Å². The van der Waals surface area contributed by atoms with Crippen LogP contribution in [0.25, 0.3) is 11.1 Å². The highest BCUT2D eigenvalue weighted by atomic mass is 16.4. The van der Waals surface area contributed by atoms with Crippen molar-refractivity contribution in [3.8, 4) is 0 Å². The van der Waals surface area contributed by atoms with Gasteiger partial charge in [-0.3, -0.25) is 34.3 Å². The van der Waals surface area contributed by atoms with Crippen LogP contribution in [-0.2, 0) is 9.59 Å². The summed E-state index contributed by atoms with van der Waals surface area (Å²) < 4.78 is 0. The molecule has 1 atom stereocenters. The van der Waals surface area contributed by atoms with Crippen LogP contribution < -0.4 is 20.6 Å². The average molecular weight is 780 g/mol. The van der Waals surface area contributed by atoms with E-state index in [-0.39, 0.29) is 18.7 Å². The van der Waals surface area contributed by atoms with E-state index in [0.29, 0.717) is 22.5 Å². The zero-order valence-electron chi connectivity index (χ0n) is 33.0. The van der Waals surface area contributed by atoms with Crippen LogP contribution in [0.5, 0.6) is 0 Å². The van der Waals surface area contributed by atoms with Crippen LogP contribution in [0, 0.1) is 5.92 Å². The van der Waals surface area contributed by atoms with E-state index in [1.165, 1.54) is 16.8 Å². The van der Waals surface area contributed by atoms with Gasteiger partial charge in [0.2, 0.25) is 11.8 Å². The second-order valence-corrected chi connectivity index (χ2v) is 15.8. The average Bonchev–Trinajstić information content (AvgIpc) is 3.50. The molecule has 0 spiro atoms. The summed E-state index contributed by atoms with van der Waals surface area (Å²) in [6.45, 7) is 8.98. The third kappa shape index (κ3) is 8.09. The van der Waals surface area contributed by atoms with Crippen molar-refractivity contribution in [3.63, 3.8) is 0 Å². The number of imide groups is 2. The minimum absolute atomic E-state index is 0.100. The number of hydrogen-bond donors (Lipinski definition) is 3. The number of nitrogens with one attached hydrogen (secondary N) is 1. The Kier molecular flexibility index (Phi) is 11.6. The van der Waals surface area contributed by atoms with Crippen molar-refractivity contribution >= 4 is 58.7 Å². The number of hydrogen-bond acceptors (Lipinski definition) is 9. The summed E-state index contributed by atoms with van der Waals surface area (Å²) in [5, 5.41) is 21.6. The Morgan fingerprint density at radius 2 is 1.31 bits per heavy atom. The van der Waals surface area contributed by atoms with Crippen molar-refractivity contribution in [2.75, 3.05) is 55.6 Å². The third-order valence-electron chi connectivity index (χ3n) is 12.4. The van der Waals surface area contributed by atoms with E-state index in [9.17, 15) is 29.2 Å². The molecular formula is C46H50BN5O6. The highest BCUT2D eigenvalue weighted by molar-refractivity contribution is 6.58. The first-order chi connectivity index (χ1) is 28.2. The molecule has 58 heavy (non-hydrogen) atoms. The van der Waals surface area contributed by atoms with Gasteiger partial charge in [0.15, 0.2) is 0 Å². The predicted octanol–water partition coefficient (Wildman–Crippen LogP) is 4.57. The summed E-state index contributed by atoms with van der Waals surface area (Å²) in [4.78, 5) is 58.9. The number of amides is 4. The summed E-state index contributed by atoms with van der Waals surface area (Å²) >= 11 is 0. The maximum atomic E-state index is 13.3. The summed E-state index contributed by atoms with van der Waals surface area (Å²) in [6, 6.07) is 31.3. The summed E-state index contributed by atoms with van der Waals surface area (Å²) in [5.41, 5.74) is 8.96. The Morgan fingerprint density at radius 3 is 1.95 bits per heavy atom. The number of carbonyl (C=O) groups is 4. The van der Waals surface area contributed by atoms with Crippen LogP contribution in [0.1, 0.15) is 82.9 Å². The maximum Gasteiger partial charge on any atom is 0.488 e. The third-order valence-corrected chi connectivity index (χ3v) is 12.4. The summed E-state index contributed by atoms with van der Waals surface area (Å²) in [6.07, 6.45) is 4.37. The van der Waals surface area contributed by atoms with Crippen LogP contribution in [0.2, 0.25) is 0 Å². The Labute approximate surface area is 340 Å². The quantitative estimate of drug-likeness (QED) is 0.114. The molecule has 4 heterocycles. The van der Waals surface area contributed by atoms with Crippen LogP contribution in [0.4, 0.5) is 11.4 Å². The monoisotopic (exact) mass is 779 g/mol. The molecule has 3 saturated heterocycles. The van der Waals surface area contributed by atoms with E-state index < -0.39 is 30.9 Å². The zero-order chi connectivity index (χ0) is 40.3. The first kappa shape index (κ1) is 39.3. The predicted molar refractivity (Wildman–Crippen MR) is 227 cm³/mol. The molecule has 0 aliphatic carbocycles. The number of anilines is 2. The molecule has 4 aromatic carbocycles. The Hall–Kier alpha value is -5.56. The lowest BCUT2D eigenvalue weighted by Crippen LogP contribution is -2.54. The molecule has 8 rings (SSSR count). The molecule has 4 aliphatic heterocycles. The second-order valence-electron chi connectivity index (χ2n) is 15.8. The normalized spacial score (nSPS) is 19.6. The lowest BCUT2D eigenvalue weighted by atomic mass is 9.79. The van der Waals surface area contributed by atoms with E-state index in [4.69, 9.17) is 0 Å². The molecule has 4 aromatic rings. The topological polar surface area (TPSA) is 134 Å². The molecule has 0 aromatic heterocycles. The van der Waals surface area contributed by atoms with Crippen molar-refractivity contribution in [1.82, 2.24) is 15.1 Å². The smallest absolute Gasteiger partial charge is 0.423 e. The maximum absolute atomic E-state index is 13.3. The van der Waals surface area contributed by atoms with Gasteiger partial charge in [0.25, 0.3) is 11.8 Å². The summed E-state index contributed by atoms with van der Waals surface area (Å²) in [7, 11) is -1.50. The molecular weight excluding hydrogens is 729 g/mol. The van der Waals surface area contributed by atoms with Crippen LogP contribution in [0.3, 0.4) is 0 Å². The molecule has 12 heteroatoms. The SMILES string of the molecule is CC/C(=C(/c1ccc(B(O)O)cc1)c1ccc(N2CCN(CCC3CCN(c4ccc5c(c4)C(=O)N(C4CCC(=O)NC4=O)C5=O)CC3)CC2)cc1)c1ccccc1. The van der Waals surface area contributed by atoms with Gasteiger partial charge >= 0.3 is 7.12 Å². The van der Waals surface area contributed by atoms with Gasteiger partial charge in [-0.1, -0.05) is 73.7 Å². The molecule has 0 saturated carbocycles. The minimum Gasteiger partial charge on any atom is -0.423 e. The fourth-order valence-corrected chi connectivity index (χ4v) is 9.07. The highest BCUT2D eigenvalue weighted by Gasteiger charge is 2.45. The van der Waals surface area contributed by atoms with E-state index >= 15 is 0 Å². The van der Waals surface area contributed by atoms with Crippen molar-refractivity contribution < 1.29 is 29.2 Å². The Morgan fingerprint density at radius 1 is 0.690 bits per heavy atom. The van der Waals surface area contributed by atoms with Crippen molar-refractivity contribution in [2.45, 2.75) is 51.5 Å². The van der Waals surface area contributed by atoms with E-state index in [0.717, 1.165) is 98.8 Å². The number of allylic oxidation sites excluding steroid dienone is 1. The van der Waals surface area contributed by atoms with Crippen LogP contribution >= 0.6 is 0 Å². The van der Waals surface area contributed by atoms with Gasteiger partial charge in [-0.2, -0.15) is 0 Å². The van der Waals surface area contributed by atoms with E-state index in [1.54, 1.807) is 24.3 Å². The summed E-state index contributed by atoms with van der Waals surface area (Å²) in [5.74, 6) is -1.30. The molecule has 3 N–H and O–H groups in total. The number of carbonyl (C=O) groups excluding carboxylic acids is 4. The minimum atomic E-state index is -1.50. The fraction of sp³-hybridized carbons (Fsp3) is 0.348. The number of piperazine rings is 1. The first-order valence-electron chi connectivity index (χ1n) is 20.6. The first-order valence-corrected chi connectivity index (χ1v) is 20.6. The Bertz CT molecular complexity index is 2190. The molecule has 4 aliphatic rings. The lowest BCUT2D eigenvalue weighted by molar-refractivity contribution is -0.136. The number of piperidine rings is 2.